The first-order valence-corrected chi connectivity index (χ1v) is 7.93. The van der Waals surface area contributed by atoms with Crippen LogP contribution in [0.5, 0.6) is 12.0 Å². The molecule has 8 heteroatoms. The number of aromatic amines is 2. The number of H-pyrrole nitrogens is 2. The Balaban J connectivity index is 1.40. The second-order valence-corrected chi connectivity index (χ2v) is 5.83. The summed E-state index contributed by atoms with van der Waals surface area (Å²) in [6.45, 7) is 1.29. The molecule has 2 aromatic rings. The molecule has 0 radical (unpaired) electrons. The summed E-state index contributed by atoms with van der Waals surface area (Å²) in [7, 11) is 3.50. The Labute approximate surface area is 113 Å². The van der Waals surface area contributed by atoms with Crippen LogP contribution >= 0.6 is 21.6 Å². The topological polar surface area (TPSA) is 75.8 Å². The standard InChI is InChI=1S/C10H14N4O2S2/c1-2-12-9(11-1)15-5-7-17-18-8-6-16-10-13-3-4-14-10/h1-4H,5-8H2,(H,11,12)(H,13,14). The summed E-state index contributed by atoms with van der Waals surface area (Å²) < 4.78 is 10.7. The zero-order valence-electron chi connectivity index (χ0n) is 9.67. The van der Waals surface area contributed by atoms with Crippen molar-refractivity contribution in [2.75, 3.05) is 24.7 Å². The van der Waals surface area contributed by atoms with Gasteiger partial charge in [-0.1, -0.05) is 21.6 Å². The molecule has 6 nitrogen and oxygen atoms in total. The van der Waals surface area contributed by atoms with E-state index in [4.69, 9.17) is 9.47 Å². The van der Waals surface area contributed by atoms with Crippen LogP contribution in [-0.4, -0.2) is 44.7 Å². The normalized spacial score (nSPS) is 10.4. The fourth-order valence-electron chi connectivity index (χ4n) is 1.12. The van der Waals surface area contributed by atoms with Crippen LogP contribution in [0.3, 0.4) is 0 Å². The van der Waals surface area contributed by atoms with Crippen molar-refractivity contribution in [1.82, 2.24) is 19.9 Å². The highest BCUT2D eigenvalue weighted by Crippen LogP contribution is 2.20. The van der Waals surface area contributed by atoms with Crippen molar-refractivity contribution in [3.8, 4) is 12.0 Å². The number of imidazole rings is 2. The lowest BCUT2D eigenvalue weighted by molar-refractivity contribution is 0.318. The number of ether oxygens (including phenoxy) is 2. The molecule has 0 bridgehead atoms. The maximum Gasteiger partial charge on any atom is 0.293 e. The van der Waals surface area contributed by atoms with Gasteiger partial charge in [-0.2, -0.15) is 0 Å². The van der Waals surface area contributed by atoms with Crippen molar-refractivity contribution in [3.63, 3.8) is 0 Å². The van der Waals surface area contributed by atoms with Gasteiger partial charge >= 0.3 is 0 Å². The average Bonchev–Trinajstić information content (AvgIpc) is 3.05. The summed E-state index contributed by atoms with van der Waals surface area (Å²) in [5.74, 6) is 1.82. The van der Waals surface area contributed by atoms with Crippen LogP contribution in [0.15, 0.2) is 24.8 Å². The maximum absolute atomic E-state index is 5.36. The van der Waals surface area contributed by atoms with Crippen molar-refractivity contribution < 1.29 is 9.47 Å². The molecular weight excluding hydrogens is 272 g/mol. The van der Waals surface area contributed by atoms with E-state index in [-0.39, 0.29) is 0 Å². The number of nitrogens with one attached hydrogen (secondary N) is 2. The fraction of sp³-hybridized carbons (Fsp3) is 0.400. The van der Waals surface area contributed by atoms with Crippen molar-refractivity contribution in [3.05, 3.63) is 24.8 Å². The van der Waals surface area contributed by atoms with Crippen LogP contribution in [0, 0.1) is 0 Å². The van der Waals surface area contributed by atoms with Crippen LogP contribution in [0.2, 0.25) is 0 Å². The quantitative estimate of drug-likeness (QED) is 0.542. The van der Waals surface area contributed by atoms with Crippen molar-refractivity contribution >= 4 is 21.6 Å². The Kier molecular flexibility index (Phi) is 5.80. The molecule has 2 rings (SSSR count). The summed E-state index contributed by atoms with van der Waals surface area (Å²) in [6, 6.07) is 1.14. The molecule has 0 aliphatic carbocycles. The van der Waals surface area contributed by atoms with E-state index in [0.717, 1.165) is 11.5 Å². The molecule has 2 N–H and O–H groups in total. The van der Waals surface area contributed by atoms with Gasteiger partial charge in [0.15, 0.2) is 0 Å². The third-order valence-corrected chi connectivity index (χ3v) is 4.17. The van der Waals surface area contributed by atoms with Gasteiger partial charge in [-0.25, -0.2) is 9.97 Å². The highest BCUT2D eigenvalue weighted by molar-refractivity contribution is 8.76. The van der Waals surface area contributed by atoms with Crippen LogP contribution in [0.1, 0.15) is 0 Å². The molecule has 0 spiro atoms. The zero-order chi connectivity index (χ0) is 12.5. The van der Waals surface area contributed by atoms with Crippen molar-refractivity contribution in [2.45, 2.75) is 0 Å². The zero-order valence-corrected chi connectivity index (χ0v) is 11.3. The third kappa shape index (κ3) is 4.92. The summed E-state index contributed by atoms with van der Waals surface area (Å²) in [5, 5.41) is 0. The van der Waals surface area contributed by atoms with Gasteiger partial charge in [0.05, 0.1) is 0 Å². The lowest BCUT2D eigenvalue weighted by atomic mass is 10.8. The minimum absolute atomic E-state index is 0.571. The van der Waals surface area contributed by atoms with Gasteiger partial charge in [0, 0.05) is 36.3 Å². The molecule has 0 aromatic carbocycles. The number of hydrogen-bond donors (Lipinski definition) is 2. The average molecular weight is 286 g/mol. The molecular formula is C10H14N4O2S2. The van der Waals surface area contributed by atoms with Crippen LogP contribution in [0.25, 0.3) is 0 Å². The molecule has 0 atom stereocenters. The number of aromatic nitrogens is 4. The number of rotatable bonds is 9. The molecule has 0 saturated heterocycles. The molecule has 0 amide bonds. The monoisotopic (exact) mass is 286 g/mol. The van der Waals surface area contributed by atoms with Crippen molar-refractivity contribution in [2.24, 2.45) is 0 Å². The molecule has 0 unspecified atom stereocenters. The summed E-state index contributed by atoms with van der Waals surface area (Å²) in [5.41, 5.74) is 0. The van der Waals surface area contributed by atoms with E-state index in [1.807, 2.05) is 0 Å². The lowest BCUT2D eigenvalue weighted by Gasteiger charge is -2.03. The molecule has 0 aliphatic rings. The molecule has 18 heavy (non-hydrogen) atoms. The minimum Gasteiger partial charge on any atom is -0.464 e. The van der Waals surface area contributed by atoms with Crippen LogP contribution in [-0.2, 0) is 0 Å². The Morgan fingerprint density at radius 1 is 0.889 bits per heavy atom. The molecule has 0 fully saturated rings. The van der Waals surface area contributed by atoms with Gasteiger partial charge in [-0.05, 0) is 0 Å². The first kappa shape index (κ1) is 13.2. The Morgan fingerprint density at radius 3 is 1.78 bits per heavy atom. The molecule has 0 saturated carbocycles. The smallest absolute Gasteiger partial charge is 0.293 e. The van der Waals surface area contributed by atoms with E-state index < -0.39 is 0 Å². The largest absolute Gasteiger partial charge is 0.464 e. The van der Waals surface area contributed by atoms with Gasteiger partial charge in [-0.3, -0.25) is 0 Å². The van der Waals surface area contributed by atoms with E-state index >= 15 is 0 Å². The van der Waals surface area contributed by atoms with E-state index in [9.17, 15) is 0 Å². The Bertz CT molecular complexity index is 367. The molecule has 2 heterocycles. The third-order valence-electron chi connectivity index (χ3n) is 1.84. The van der Waals surface area contributed by atoms with E-state index in [1.165, 1.54) is 0 Å². The van der Waals surface area contributed by atoms with Gasteiger partial charge in [-0.15, -0.1) is 0 Å². The number of nitrogens with zero attached hydrogens (tertiary/aromatic N) is 2. The molecule has 2 aromatic heterocycles. The second kappa shape index (κ2) is 7.93. The van der Waals surface area contributed by atoms with Crippen LogP contribution in [0.4, 0.5) is 0 Å². The number of hydrogen-bond acceptors (Lipinski definition) is 6. The van der Waals surface area contributed by atoms with Gasteiger partial charge < -0.3 is 19.4 Å². The minimum atomic E-state index is 0.571. The highest BCUT2D eigenvalue weighted by atomic mass is 33.1. The predicted molar refractivity (Wildman–Crippen MR) is 73.1 cm³/mol. The molecule has 0 aliphatic heterocycles. The van der Waals surface area contributed by atoms with Crippen molar-refractivity contribution in [1.29, 1.82) is 0 Å². The van der Waals surface area contributed by atoms with Gasteiger partial charge in [0.1, 0.15) is 13.2 Å². The lowest BCUT2D eigenvalue weighted by Crippen LogP contribution is -2.02. The molecule has 98 valence electrons. The highest BCUT2D eigenvalue weighted by Gasteiger charge is 1.97. The van der Waals surface area contributed by atoms with Gasteiger partial charge in [0.2, 0.25) is 0 Å². The maximum atomic E-state index is 5.36. The summed E-state index contributed by atoms with van der Waals surface area (Å²) in [6.07, 6.45) is 6.82. The van der Waals surface area contributed by atoms with E-state index in [1.54, 1.807) is 46.4 Å². The second-order valence-electron chi connectivity index (χ2n) is 3.13. The Hall–Kier alpha value is -1.28. The fourth-order valence-corrected chi connectivity index (χ4v) is 2.78. The Morgan fingerprint density at radius 2 is 1.39 bits per heavy atom. The van der Waals surface area contributed by atoms with Gasteiger partial charge in [0.25, 0.3) is 12.0 Å². The SMILES string of the molecule is c1c[nH]c(OCCSSCCOc2ncc[nH]2)n1. The predicted octanol–water partition coefficient (Wildman–Crippen LogP) is 1.97. The summed E-state index contributed by atoms with van der Waals surface area (Å²) in [4.78, 5) is 13.7. The van der Waals surface area contributed by atoms with E-state index in [0.29, 0.717) is 25.2 Å². The summed E-state index contributed by atoms with van der Waals surface area (Å²) >= 11 is 0. The first-order chi connectivity index (χ1) is 8.95. The first-order valence-electron chi connectivity index (χ1n) is 5.44. The van der Waals surface area contributed by atoms with Crippen LogP contribution < -0.4 is 9.47 Å². The van der Waals surface area contributed by atoms with E-state index in [2.05, 4.69) is 19.9 Å².